The Bertz CT molecular complexity index is 449. The van der Waals surface area contributed by atoms with Crippen LogP contribution >= 0.6 is 0 Å². The van der Waals surface area contributed by atoms with Crippen molar-refractivity contribution >= 4 is 17.4 Å². The van der Waals surface area contributed by atoms with Crippen LogP contribution in [0.3, 0.4) is 0 Å². The van der Waals surface area contributed by atoms with Gasteiger partial charge in [0.2, 0.25) is 0 Å². The van der Waals surface area contributed by atoms with Crippen LogP contribution < -0.4 is 10.2 Å². The second-order valence-electron chi connectivity index (χ2n) is 5.46. The summed E-state index contributed by atoms with van der Waals surface area (Å²) in [5.41, 5.74) is 0. The first-order valence-electron chi connectivity index (χ1n) is 7.14. The average Bonchev–Trinajstić information content (AvgIpc) is 2.38. The lowest BCUT2D eigenvalue weighted by Gasteiger charge is -2.28. The number of aromatic nitrogens is 2. The van der Waals surface area contributed by atoms with E-state index < -0.39 is 0 Å². The van der Waals surface area contributed by atoms with E-state index >= 15 is 0 Å². The molecule has 0 bridgehead atoms. The molecule has 2 fully saturated rings. The number of hydrogen-bond donors (Lipinski definition) is 1. The molecule has 1 aromatic heterocycles. The number of ketones is 1. The van der Waals surface area contributed by atoms with Crippen LogP contribution in [-0.4, -0.2) is 35.4 Å². The third-order valence-corrected chi connectivity index (χ3v) is 4.09. The molecule has 0 unspecified atom stereocenters. The lowest BCUT2D eigenvalue weighted by molar-refractivity contribution is -0.119. The van der Waals surface area contributed by atoms with Gasteiger partial charge in [-0.1, -0.05) is 6.42 Å². The second kappa shape index (κ2) is 5.55. The molecule has 2 heterocycles. The summed E-state index contributed by atoms with van der Waals surface area (Å²) in [5, 5.41) is 3.39. The molecule has 0 aromatic carbocycles. The molecule has 102 valence electrons. The molecule has 1 N–H and O–H groups in total. The summed E-state index contributed by atoms with van der Waals surface area (Å²) in [6.45, 7) is 2.56. The van der Waals surface area contributed by atoms with Crippen LogP contribution in [0.2, 0.25) is 0 Å². The first-order valence-corrected chi connectivity index (χ1v) is 7.14. The van der Waals surface area contributed by atoms with Crippen molar-refractivity contribution < 1.29 is 4.79 Å². The molecule has 1 aromatic rings. The van der Waals surface area contributed by atoms with Crippen molar-refractivity contribution in [3.63, 3.8) is 0 Å². The Morgan fingerprint density at radius 1 is 1.26 bits per heavy atom. The van der Waals surface area contributed by atoms with Crippen LogP contribution in [0, 0.1) is 5.92 Å². The largest absolute Gasteiger partial charge is 0.370 e. The van der Waals surface area contributed by atoms with Gasteiger partial charge in [0.1, 0.15) is 23.7 Å². The number of Topliss-reactive ketones (excluding diaryl/α,β-unsaturated/α-hetero) is 1. The number of carbonyl (C=O) groups is 1. The fourth-order valence-corrected chi connectivity index (χ4v) is 2.55. The summed E-state index contributed by atoms with van der Waals surface area (Å²) in [6.07, 6.45) is 6.90. The molecule has 0 amide bonds. The third-order valence-electron chi connectivity index (χ3n) is 4.09. The summed E-state index contributed by atoms with van der Waals surface area (Å²) in [4.78, 5) is 22.0. The van der Waals surface area contributed by atoms with Crippen molar-refractivity contribution in [1.29, 1.82) is 0 Å². The number of nitrogens with zero attached hydrogens (tertiary/aromatic N) is 3. The second-order valence-corrected chi connectivity index (χ2v) is 5.46. The van der Waals surface area contributed by atoms with Crippen molar-refractivity contribution in [1.82, 2.24) is 9.97 Å². The summed E-state index contributed by atoms with van der Waals surface area (Å²) in [5.74, 6) is 2.99. The van der Waals surface area contributed by atoms with Gasteiger partial charge >= 0.3 is 0 Å². The molecule has 1 saturated carbocycles. The van der Waals surface area contributed by atoms with E-state index in [1.165, 1.54) is 19.3 Å². The van der Waals surface area contributed by atoms with Gasteiger partial charge in [-0.2, -0.15) is 0 Å². The van der Waals surface area contributed by atoms with Crippen molar-refractivity contribution in [2.24, 2.45) is 5.92 Å². The van der Waals surface area contributed by atoms with Crippen LogP contribution in [0.25, 0.3) is 0 Å². The first-order chi connectivity index (χ1) is 9.31. The quantitative estimate of drug-likeness (QED) is 0.895. The van der Waals surface area contributed by atoms with Crippen LogP contribution in [0.4, 0.5) is 11.6 Å². The molecule has 5 heteroatoms. The highest BCUT2D eigenvalue weighted by Gasteiger charge is 2.19. The van der Waals surface area contributed by atoms with Crippen molar-refractivity contribution in [2.45, 2.75) is 32.1 Å². The molecule has 1 aliphatic carbocycles. The molecule has 0 radical (unpaired) electrons. The maximum absolute atomic E-state index is 11.3. The molecule has 1 saturated heterocycles. The van der Waals surface area contributed by atoms with E-state index in [9.17, 15) is 4.79 Å². The highest BCUT2D eigenvalue weighted by molar-refractivity contribution is 5.80. The van der Waals surface area contributed by atoms with E-state index in [1.807, 2.05) is 6.07 Å². The summed E-state index contributed by atoms with van der Waals surface area (Å²) < 4.78 is 0. The van der Waals surface area contributed by atoms with E-state index in [4.69, 9.17) is 0 Å². The molecule has 2 aliphatic rings. The number of hydrogen-bond acceptors (Lipinski definition) is 5. The van der Waals surface area contributed by atoms with Gasteiger partial charge in [0.05, 0.1) is 0 Å². The number of anilines is 2. The average molecular weight is 260 g/mol. The number of carbonyl (C=O) groups excluding carboxylic acids is 1. The summed E-state index contributed by atoms with van der Waals surface area (Å²) in [6, 6.07) is 1.99. The Hall–Kier alpha value is -1.65. The van der Waals surface area contributed by atoms with Gasteiger partial charge in [0, 0.05) is 38.5 Å². The zero-order chi connectivity index (χ0) is 13.1. The Morgan fingerprint density at radius 2 is 2.05 bits per heavy atom. The van der Waals surface area contributed by atoms with Gasteiger partial charge < -0.3 is 10.2 Å². The monoisotopic (exact) mass is 260 g/mol. The van der Waals surface area contributed by atoms with Gasteiger partial charge in [-0.05, 0) is 18.8 Å². The number of rotatable bonds is 4. The minimum absolute atomic E-state index is 0.355. The van der Waals surface area contributed by atoms with E-state index in [0.29, 0.717) is 18.6 Å². The zero-order valence-electron chi connectivity index (χ0n) is 11.1. The Morgan fingerprint density at radius 3 is 2.74 bits per heavy atom. The normalized spacial score (nSPS) is 20.2. The van der Waals surface area contributed by atoms with E-state index in [2.05, 4.69) is 20.2 Å². The van der Waals surface area contributed by atoms with Crippen LogP contribution in [0.1, 0.15) is 32.1 Å². The molecular weight excluding hydrogens is 240 g/mol. The molecule has 5 nitrogen and oxygen atoms in total. The molecule has 1 aliphatic heterocycles. The minimum atomic E-state index is 0.355. The molecule has 0 atom stereocenters. The van der Waals surface area contributed by atoms with Gasteiger partial charge in [-0.25, -0.2) is 9.97 Å². The van der Waals surface area contributed by atoms with Crippen molar-refractivity contribution in [2.75, 3.05) is 29.9 Å². The topological polar surface area (TPSA) is 58.1 Å². The number of nitrogens with one attached hydrogen (secondary N) is 1. The van der Waals surface area contributed by atoms with Crippen molar-refractivity contribution in [3.8, 4) is 0 Å². The van der Waals surface area contributed by atoms with Crippen LogP contribution in [0.15, 0.2) is 12.4 Å². The fraction of sp³-hybridized carbons (Fsp3) is 0.643. The zero-order valence-corrected chi connectivity index (χ0v) is 11.1. The van der Waals surface area contributed by atoms with Crippen LogP contribution in [0.5, 0.6) is 0 Å². The highest BCUT2D eigenvalue weighted by Crippen LogP contribution is 2.26. The molecule has 0 spiro atoms. The predicted molar refractivity (Wildman–Crippen MR) is 74.3 cm³/mol. The molecule has 3 rings (SSSR count). The lowest BCUT2D eigenvalue weighted by Crippen LogP contribution is -2.34. The van der Waals surface area contributed by atoms with Crippen LogP contribution in [-0.2, 0) is 4.79 Å². The number of piperidine rings is 1. The maximum atomic E-state index is 11.3. The third kappa shape index (κ3) is 3.03. The first kappa shape index (κ1) is 12.4. The summed E-state index contributed by atoms with van der Waals surface area (Å²) >= 11 is 0. The minimum Gasteiger partial charge on any atom is -0.370 e. The van der Waals surface area contributed by atoms with Gasteiger partial charge in [-0.15, -0.1) is 0 Å². The van der Waals surface area contributed by atoms with Gasteiger partial charge in [-0.3, -0.25) is 4.79 Å². The highest BCUT2D eigenvalue weighted by atomic mass is 16.1. The lowest BCUT2D eigenvalue weighted by atomic mass is 9.85. The van der Waals surface area contributed by atoms with E-state index in [0.717, 1.165) is 37.2 Å². The van der Waals surface area contributed by atoms with Crippen molar-refractivity contribution in [3.05, 3.63) is 12.4 Å². The summed E-state index contributed by atoms with van der Waals surface area (Å²) in [7, 11) is 0. The Labute approximate surface area is 113 Å². The molecule has 19 heavy (non-hydrogen) atoms. The Kier molecular flexibility index (Phi) is 3.62. The van der Waals surface area contributed by atoms with Gasteiger partial charge in [0.25, 0.3) is 0 Å². The fourth-order valence-electron chi connectivity index (χ4n) is 2.55. The SMILES string of the molecule is O=C1CCN(c2cc(NCC3CCC3)ncn2)CC1. The Balaban J connectivity index is 1.60. The maximum Gasteiger partial charge on any atom is 0.136 e. The smallest absolute Gasteiger partial charge is 0.136 e. The predicted octanol–water partition coefficient (Wildman–Crippen LogP) is 1.86. The van der Waals surface area contributed by atoms with E-state index in [1.54, 1.807) is 6.33 Å². The standard InChI is InChI=1S/C14H20N4O/c19-12-4-6-18(7-5-12)14-8-13(16-10-17-14)15-9-11-2-1-3-11/h8,10-11H,1-7,9H2,(H,15,16,17). The van der Waals surface area contributed by atoms with Gasteiger partial charge in [0.15, 0.2) is 0 Å². The molecular formula is C14H20N4O. The van der Waals surface area contributed by atoms with E-state index in [-0.39, 0.29) is 0 Å².